The van der Waals surface area contributed by atoms with E-state index in [4.69, 9.17) is 9.47 Å². The summed E-state index contributed by atoms with van der Waals surface area (Å²) < 4.78 is 10.9. The van der Waals surface area contributed by atoms with Gasteiger partial charge in [-0.25, -0.2) is 0 Å². The van der Waals surface area contributed by atoms with Crippen molar-refractivity contribution in [2.24, 2.45) is 5.92 Å². The van der Waals surface area contributed by atoms with E-state index in [9.17, 15) is 9.59 Å². The maximum atomic E-state index is 13.2. The van der Waals surface area contributed by atoms with E-state index < -0.39 is 6.10 Å². The molecule has 3 atom stereocenters. The van der Waals surface area contributed by atoms with E-state index >= 15 is 0 Å². The van der Waals surface area contributed by atoms with Crippen LogP contribution in [-0.4, -0.2) is 42.7 Å². The molecule has 2 N–H and O–H groups in total. The van der Waals surface area contributed by atoms with Crippen molar-refractivity contribution in [3.8, 4) is 5.88 Å². The van der Waals surface area contributed by atoms with E-state index in [-0.39, 0.29) is 23.8 Å². The minimum atomic E-state index is -0.401. The monoisotopic (exact) mass is 449 g/mol. The van der Waals surface area contributed by atoms with Crippen LogP contribution in [0, 0.1) is 5.92 Å². The minimum absolute atomic E-state index is 0.197. The Morgan fingerprint density at radius 3 is 2.73 bits per heavy atom. The van der Waals surface area contributed by atoms with Gasteiger partial charge in [0.1, 0.15) is 11.9 Å². The lowest BCUT2D eigenvalue weighted by molar-refractivity contribution is -0.144. The summed E-state index contributed by atoms with van der Waals surface area (Å²) in [6, 6.07) is 11.0. The highest BCUT2D eigenvalue weighted by atomic mass is 16.6. The maximum Gasteiger partial charge on any atom is 0.309 e. The fourth-order valence-corrected chi connectivity index (χ4v) is 3.84. The molecule has 1 aliphatic rings. The molecule has 1 aromatic heterocycles. The molecule has 0 aliphatic carbocycles. The standard InChI is InChI=1S/C26H31N3O4/c1-5-8-18-9-7-10-19(13-18)14-21(22-12-17(3)26(31)33-22)28-25(30)20-15-23(27-11-6-2)29-24(16-20)32-4/h5-7,9-10,13,15-17,21-22H,1-2,8,11-12,14H2,3-4H3,(H,27,29)(H,28,30)/t17-,21-,22-/m0/s1. The summed E-state index contributed by atoms with van der Waals surface area (Å²) in [4.78, 5) is 29.6. The van der Waals surface area contributed by atoms with Gasteiger partial charge in [0.05, 0.1) is 19.1 Å². The maximum absolute atomic E-state index is 13.2. The van der Waals surface area contributed by atoms with Crippen molar-refractivity contribution in [1.29, 1.82) is 0 Å². The van der Waals surface area contributed by atoms with E-state index in [1.54, 1.807) is 18.2 Å². The van der Waals surface area contributed by atoms with Gasteiger partial charge in [0.25, 0.3) is 5.91 Å². The molecule has 2 heterocycles. The van der Waals surface area contributed by atoms with Crippen molar-refractivity contribution in [1.82, 2.24) is 10.3 Å². The normalized spacial score (nSPS) is 18.2. The van der Waals surface area contributed by atoms with Crippen molar-refractivity contribution >= 4 is 17.7 Å². The first-order chi connectivity index (χ1) is 15.9. The summed E-state index contributed by atoms with van der Waals surface area (Å²) in [5.74, 6) is 0.108. The number of nitrogens with one attached hydrogen (secondary N) is 2. The Morgan fingerprint density at radius 1 is 1.27 bits per heavy atom. The zero-order chi connectivity index (χ0) is 23.8. The molecule has 7 heteroatoms. The Labute approximate surface area is 194 Å². The third-order valence-corrected chi connectivity index (χ3v) is 5.55. The molecule has 1 saturated heterocycles. The summed E-state index contributed by atoms with van der Waals surface area (Å²) in [5, 5.41) is 6.16. The lowest BCUT2D eigenvalue weighted by Gasteiger charge is -2.24. The summed E-state index contributed by atoms with van der Waals surface area (Å²) >= 11 is 0. The second kappa shape index (κ2) is 11.3. The Hall–Kier alpha value is -3.61. The number of cyclic esters (lactones) is 1. The number of benzene rings is 1. The first-order valence-electron chi connectivity index (χ1n) is 11.0. The highest BCUT2D eigenvalue weighted by Crippen LogP contribution is 2.26. The molecule has 0 bridgehead atoms. The summed E-state index contributed by atoms with van der Waals surface area (Å²) in [5.41, 5.74) is 2.59. The molecule has 174 valence electrons. The van der Waals surface area contributed by atoms with Gasteiger partial charge in [-0.05, 0) is 36.5 Å². The number of methoxy groups -OCH3 is 1. The summed E-state index contributed by atoms with van der Waals surface area (Å²) in [7, 11) is 1.50. The van der Waals surface area contributed by atoms with Gasteiger partial charge >= 0.3 is 5.97 Å². The van der Waals surface area contributed by atoms with Crippen molar-refractivity contribution in [2.45, 2.75) is 38.3 Å². The van der Waals surface area contributed by atoms with Gasteiger partial charge in [0.15, 0.2) is 0 Å². The molecule has 0 saturated carbocycles. The highest BCUT2D eigenvalue weighted by Gasteiger charge is 2.37. The molecule has 0 unspecified atom stereocenters. The van der Waals surface area contributed by atoms with Gasteiger partial charge in [-0.2, -0.15) is 4.98 Å². The first-order valence-corrected chi connectivity index (χ1v) is 11.0. The topological polar surface area (TPSA) is 89.6 Å². The van der Waals surface area contributed by atoms with Gasteiger partial charge < -0.3 is 20.1 Å². The fraction of sp³-hybridized carbons (Fsp3) is 0.346. The molecule has 0 spiro atoms. The average molecular weight is 450 g/mol. The molecule has 7 nitrogen and oxygen atoms in total. The van der Waals surface area contributed by atoms with Gasteiger partial charge in [-0.3, -0.25) is 9.59 Å². The predicted molar refractivity (Wildman–Crippen MR) is 128 cm³/mol. The molecular formula is C26H31N3O4. The molecule has 1 fully saturated rings. The predicted octanol–water partition coefficient (Wildman–Crippen LogP) is 3.71. The summed E-state index contributed by atoms with van der Waals surface area (Å²) in [6.45, 7) is 9.83. The van der Waals surface area contributed by atoms with Gasteiger partial charge in [-0.1, -0.05) is 43.3 Å². The lowest BCUT2D eigenvalue weighted by atomic mass is 9.95. The van der Waals surface area contributed by atoms with Crippen LogP contribution in [-0.2, 0) is 22.4 Å². The average Bonchev–Trinajstić information content (AvgIpc) is 3.15. The van der Waals surface area contributed by atoms with Crippen molar-refractivity contribution in [3.63, 3.8) is 0 Å². The molecule has 1 aliphatic heterocycles. The molecule has 0 radical (unpaired) electrons. The van der Waals surface area contributed by atoms with Gasteiger partial charge in [0.2, 0.25) is 5.88 Å². The van der Waals surface area contributed by atoms with E-state index in [1.807, 2.05) is 31.2 Å². The van der Waals surface area contributed by atoms with E-state index in [0.717, 1.165) is 17.5 Å². The third-order valence-electron chi connectivity index (χ3n) is 5.55. The van der Waals surface area contributed by atoms with Crippen LogP contribution in [0.2, 0.25) is 0 Å². The number of rotatable bonds is 11. The largest absolute Gasteiger partial charge is 0.481 e. The number of hydrogen-bond acceptors (Lipinski definition) is 6. The van der Waals surface area contributed by atoms with Crippen LogP contribution in [0.1, 0.15) is 34.8 Å². The number of carbonyl (C=O) groups excluding carboxylic acids is 2. The lowest BCUT2D eigenvalue weighted by Crippen LogP contribution is -2.45. The van der Waals surface area contributed by atoms with Gasteiger partial charge in [-0.15, -0.1) is 13.2 Å². The number of amides is 1. The van der Waals surface area contributed by atoms with Crippen molar-refractivity contribution < 1.29 is 19.1 Å². The minimum Gasteiger partial charge on any atom is -0.481 e. The number of carbonyl (C=O) groups is 2. The third kappa shape index (κ3) is 6.44. The number of nitrogens with zero attached hydrogens (tertiary/aromatic N) is 1. The molecular weight excluding hydrogens is 418 g/mol. The highest BCUT2D eigenvalue weighted by molar-refractivity contribution is 5.95. The molecule has 3 rings (SSSR count). The van der Waals surface area contributed by atoms with Crippen LogP contribution in [0.5, 0.6) is 5.88 Å². The Bertz CT molecular complexity index is 1020. The molecule has 33 heavy (non-hydrogen) atoms. The molecule has 1 amide bonds. The zero-order valence-electron chi connectivity index (χ0n) is 19.2. The number of pyridine rings is 1. The quantitative estimate of drug-likeness (QED) is 0.402. The Balaban J connectivity index is 1.84. The van der Waals surface area contributed by atoms with Crippen LogP contribution in [0.3, 0.4) is 0 Å². The number of esters is 1. The van der Waals surface area contributed by atoms with Crippen LogP contribution in [0.4, 0.5) is 5.82 Å². The van der Waals surface area contributed by atoms with Crippen LogP contribution in [0.15, 0.2) is 61.7 Å². The smallest absolute Gasteiger partial charge is 0.309 e. The molecule has 2 aromatic rings. The summed E-state index contributed by atoms with van der Waals surface area (Å²) in [6.07, 6.45) is 5.01. The van der Waals surface area contributed by atoms with Crippen LogP contribution < -0.4 is 15.4 Å². The Kier molecular flexibility index (Phi) is 8.24. The van der Waals surface area contributed by atoms with E-state index in [2.05, 4.69) is 34.8 Å². The van der Waals surface area contributed by atoms with Crippen molar-refractivity contribution in [3.05, 3.63) is 78.4 Å². The number of ether oxygens (including phenoxy) is 2. The number of aromatic nitrogens is 1. The van der Waals surface area contributed by atoms with Crippen LogP contribution in [0.25, 0.3) is 0 Å². The number of hydrogen-bond donors (Lipinski definition) is 2. The van der Waals surface area contributed by atoms with Crippen molar-refractivity contribution in [2.75, 3.05) is 19.0 Å². The van der Waals surface area contributed by atoms with Gasteiger partial charge in [0, 0.05) is 18.2 Å². The number of anilines is 1. The number of allylic oxidation sites excluding steroid dienone is 1. The van der Waals surface area contributed by atoms with Crippen LogP contribution >= 0.6 is 0 Å². The SMILES string of the molecule is C=CCNc1cc(C(=O)N[C@@H](Cc2cccc(CC=C)c2)[C@@H]2C[C@H](C)C(=O)O2)cc(OC)n1. The fourth-order valence-electron chi connectivity index (χ4n) is 3.84. The second-order valence-corrected chi connectivity index (χ2v) is 8.16. The van der Waals surface area contributed by atoms with E-state index in [0.29, 0.717) is 36.6 Å². The Morgan fingerprint density at radius 2 is 2.06 bits per heavy atom. The zero-order valence-corrected chi connectivity index (χ0v) is 19.2. The van der Waals surface area contributed by atoms with E-state index in [1.165, 1.54) is 7.11 Å². The first kappa shape index (κ1) is 24.0. The molecule has 1 aromatic carbocycles. The second-order valence-electron chi connectivity index (χ2n) is 8.16.